The molecule has 112 valence electrons. The summed E-state index contributed by atoms with van der Waals surface area (Å²) < 4.78 is 27.1. The van der Waals surface area contributed by atoms with Gasteiger partial charge < -0.3 is 10.6 Å². The molecule has 0 aliphatic heterocycles. The molecule has 0 saturated heterocycles. The molecule has 0 spiro atoms. The first-order valence-electron chi connectivity index (χ1n) is 6.37. The van der Waals surface area contributed by atoms with E-state index in [9.17, 15) is 13.6 Å². The molecule has 2 aromatic rings. The molecule has 0 unspecified atom stereocenters. The highest BCUT2D eigenvalue weighted by molar-refractivity contribution is 7.09. The molecular formula is C14H15F2N3OS. The van der Waals surface area contributed by atoms with Crippen molar-refractivity contribution >= 4 is 22.9 Å². The van der Waals surface area contributed by atoms with Gasteiger partial charge in [-0.3, -0.25) is 4.79 Å². The molecule has 0 radical (unpaired) electrons. The number of carbonyl (C=O) groups is 1. The number of nitrogens with zero attached hydrogens (tertiary/aromatic N) is 1. The number of aryl methyl sites for hydroxylation is 1. The summed E-state index contributed by atoms with van der Waals surface area (Å²) >= 11 is 1.54. The second-order valence-corrected chi connectivity index (χ2v) is 5.49. The van der Waals surface area contributed by atoms with E-state index in [4.69, 9.17) is 0 Å². The summed E-state index contributed by atoms with van der Waals surface area (Å²) in [5.41, 5.74) is 0.601. The largest absolute Gasteiger partial charge is 0.383 e. The van der Waals surface area contributed by atoms with Crippen LogP contribution in [0.5, 0.6) is 0 Å². The molecule has 1 heterocycles. The highest BCUT2D eigenvalue weighted by Crippen LogP contribution is 2.20. The Labute approximate surface area is 125 Å². The molecule has 0 aliphatic rings. The van der Waals surface area contributed by atoms with Crippen molar-refractivity contribution in [2.75, 3.05) is 18.9 Å². The molecule has 4 nitrogen and oxygen atoms in total. The second-order valence-electron chi connectivity index (χ2n) is 4.43. The van der Waals surface area contributed by atoms with Crippen molar-refractivity contribution < 1.29 is 13.6 Å². The van der Waals surface area contributed by atoms with Gasteiger partial charge in [-0.1, -0.05) is 0 Å². The number of carbonyl (C=O) groups excluding carboxylic acids is 1. The van der Waals surface area contributed by atoms with Gasteiger partial charge in [0.1, 0.15) is 17.3 Å². The first kappa shape index (κ1) is 15.4. The molecule has 1 amide bonds. The highest BCUT2D eigenvalue weighted by Gasteiger charge is 2.14. The zero-order valence-electron chi connectivity index (χ0n) is 11.7. The Bertz CT molecular complexity index is 634. The maximum atomic E-state index is 13.6. The van der Waals surface area contributed by atoms with Crippen molar-refractivity contribution in [2.24, 2.45) is 0 Å². The Hall–Kier alpha value is -2.02. The predicted molar refractivity (Wildman–Crippen MR) is 78.8 cm³/mol. The fraction of sp³-hybridized carbons (Fsp3) is 0.286. The predicted octanol–water partition coefficient (Wildman–Crippen LogP) is 2.74. The average molecular weight is 311 g/mol. The van der Waals surface area contributed by atoms with Crippen LogP contribution in [0.3, 0.4) is 0 Å². The van der Waals surface area contributed by atoms with E-state index in [0.29, 0.717) is 13.0 Å². The molecule has 1 aromatic heterocycles. The number of hydrogen-bond donors (Lipinski definition) is 2. The Morgan fingerprint density at radius 3 is 2.52 bits per heavy atom. The number of anilines is 1. The summed E-state index contributed by atoms with van der Waals surface area (Å²) in [4.78, 5) is 16.1. The van der Waals surface area contributed by atoms with Gasteiger partial charge in [0, 0.05) is 31.0 Å². The Morgan fingerprint density at radius 1 is 1.33 bits per heavy atom. The Balaban J connectivity index is 1.97. The molecule has 0 atom stereocenters. The molecule has 2 rings (SSSR count). The van der Waals surface area contributed by atoms with E-state index in [1.807, 2.05) is 12.3 Å². The van der Waals surface area contributed by atoms with Gasteiger partial charge in [0.2, 0.25) is 0 Å². The fourth-order valence-corrected chi connectivity index (χ4v) is 2.52. The van der Waals surface area contributed by atoms with Crippen LogP contribution in [0.25, 0.3) is 0 Å². The van der Waals surface area contributed by atoms with E-state index in [1.165, 1.54) is 18.4 Å². The molecule has 0 saturated carbocycles. The van der Waals surface area contributed by atoms with Crippen LogP contribution in [0.15, 0.2) is 17.5 Å². The van der Waals surface area contributed by atoms with Gasteiger partial charge in [-0.2, -0.15) is 0 Å². The third-order valence-electron chi connectivity index (χ3n) is 2.89. The van der Waals surface area contributed by atoms with Crippen LogP contribution in [-0.2, 0) is 6.42 Å². The molecule has 21 heavy (non-hydrogen) atoms. The average Bonchev–Trinajstić information content (AvgIpc) is 2.84. The van der Waals surface area contributed by atoms with Crippen molar-refractivity contribution in [1.29, 1.82) is 0 Å². The molecular weight excluding hydrogens is 296 g/mol. The summed E-state index contributed by atoms with van der Waals surface area (Å²) in [7, 11) is 1.41. The van der Waals surface area contributed by atoms with Crippen molar-refractivity contribution in [3.8, 4) is 0 Å². The number of rotatable bonds is 5. The number of halogens is 2. The van der Waals surface area contributed by atoms with Gasteiger partial charge in [-0.15, -0.1) is 11.3 Å². The lowest BCUT2D eigenvalue weighted by Crippen LogP contribution is -2.26. The molecule has 2 N–H and O–H groups in total. The van der Waals surface area contributed by atoms with E-state index in [2.05, 4.69) is 15.6 Å². The Morgan fingerprint density at radius 2 is 2.00 bits per heavy atom. The number of benzene rings is 1. The molecule has 0 aliphatic carbocycles. The van der Waals surface area contributed by atoms with Gasteiger partial charge >= 0.3 is 0 Å². The van der Waals surface area contributed by atoms with E-state index >= 15 is 0 Å². The third kappa shape index (κ3) is 3.75. The maximum absolute atomic E-state index is 13.6. The number of nitrogens with one attached hydrogen (secondary N) is 2. The van der Waals surface area contributed by atoms with Crippen LogP contribution in [0.1, 0.15) is 21.1 Å². The summed E-state index contributed by atoms with van der Waals surface area (Å²) in [6.45, 7) is 2.26. The smallest absolute Gasteiger partial charge is 0.251 e. The van der Waals surface area contributed by atoms with Gasteiger partial charge in [-0.05, 0) is 19.1 Å². The minimum Gasteiger partial charge on any atom is -0.383 e. The molecule has 7 heteroatoms. The zero-order chi connectivity index (χ0) is 15.4. The first-order chi connectivity index (χ1) is 10.0. The van der Waals surface area contributed by atoms with Crippen LogP contribution in [0.4, 0.5) is 14.5 Å². The number of hydrogen-bond acceptors (Lipinski definition) is 4. The normalized spacial score (nSPS) is 10.5. The van der Waals surface area contributed by atoms with E-state index in [1.54, 1.807) is 0 Å². The lowest BCUT2D eigenvalue weighted by atomic mass is 10.1. The van der Waals surface area contributed by atoms with Gasteiger partial charge in [-0.25, -0.2) is 13.8 Å². The quantitative estimate of drug-likeness (QED) is 0.893. The maximum Gasteiger partial charge on any atom is 0.251 e. The minimum atomic E-state index is -0.794. The highest BCUT2D eigenvalue weighted by atomic mass is 32.1. The minimum absolute atomic E-state index is 0.0431. The summed E-state index contributed by atoms with van der Waals surface area (Å²) in [6, 6.07) is 2.02. The monoisotopic (exact) mass is 311 g/mol. The second kappa shape index (κ2) is 6.62. The zero-order valence-corrected chi connectivity index (χ0v) is 12.5. The van der Waals surface area contributed by atoms with Crippen molar-refractivity contribution in [2.45, 2.75) is 13.3 Å². The lowest BCUT2D eigenvalue weighted by molar-refractivity contribution is 0.0953. The molecule has 0 bridgehead atoms. The van der Waals surface area contributed by atoms with Crippen LogP contribution in [0.2, 0.25) is 0 Å². The standard InChI is InChI=1S/C14H15F2N3OS/c1-8-19-10(7-21-8)3-4-18-14(20)9-5-11(15)13(17-2)12(16)6-9/h5-7,17H,3-4H2,1-2H3,(H,18,20). The summed E-state index contributed by atoms with van der Waals surface area (Å²) in [5.74, 6) is -2.10. The SMILES string of the molecule is CNc1c(F)cc(C(=O)NCCc2csc(C)n2)cc1F. The van der Waals surface area contributed by atoms with Crippen LogP contribution >= 0.6 is 11.3 Å². The van der Waals surface area contributed by atoms with Crippen LogP contribution in [0, 0.1) is 18.6 Å². The first-order valence-corrected chi connectivity index (χ1v) is 7.25. The van der Waals surface area contributed by atoms with E-state index < -0.39 is 17.5 Å². The van der Waals surface area contributed by atoms with Crippen LogP contribution in [-0.4, -0.2) is 24.5 Å². The lowest BCUT2D eigenvalue weighted by Gasteiger charge is -2.08. The van der Waals surface area contributed by atoms with E-state index in [-0.39, 0.29) is 11.3 Å². The van der Waals surface area contributed by atoms with Crippen molar-refractivity contribution in [3.63, 3.8) is 0 Å². The number of amides is 1. The summed E-state index contributed by atoms with van der Waals surface area (Å²) in [5, 5.41) is 7.91. The van der Waals surface area contributed by atoms with Gasteiger partial charge in [0.15, 0.2) is 0 Å². The topological polar surface area (TPSA) is 54.0 Å². The van der Waals surface area contributed by atoms with E-state index in [0.717, 1.165) is 22.8 Å². The third-order valence-corrected chi connectivity index (χ3v) is 3.71. The van der Waals surface area contributed by atoms with Gasteiger partial charge in [0.05, 0.1) is 10.7 Å². The Kier molecular flexibility index (Phi) is 4.85. The fourth-order valence-electron chi connectivity index (χ4n) is 1.87. The molecule has 0 fully saturated rings. The van der Waals surface area contributed by atoms with Gasteiger partial charge in [0.25, 0.3) is 5.91 Å². The van der Waals surface area contributed by atoms with Crippen molar-refractivity contribution in [1.82, 2.24) is 10.3 Å². The van der Waals surface area contributed by atoms with Crippen molar-refractivity contribution in [3.05, 3.63) is 45.4 Å². The summed E-state index contributed by atoms with van der Waals surface area (Å²) in [6.07, 6.45) is 0.579. The number of aromatic nitrogens is 1. The molecule has 1 aromatic carbocycles. The number of thiazole rings is 1. The van der Waals surface area contributed by atoms with Crippen LogP contribution < -0.4 is 10.6 Å².